The van der Waals surface area contributed by atoms with E-state index in [4.69, 9.17) is 5.73 Å². The second-order valence-corrected chi connectivity index (χ2v) is 4.93. The summed E-state index contributed by atoms with van der Waals surface area (Å²) in [5.74, 6) is 0.529. The average Bonchev–Trinajstić information content (AvgIpc) is 3.24. The van der Waals surface area contributed by atoms with Gasteiger partial charge in [-0.3, -0.25) is 4.79 Å². The van der Waals surface area contributed by atoms with Crippen molar-refractivity contribution in [2.24, 2.45) is 11.7 Å². The SMILES string of the molecule is CCc1ccc(N(CCCN)C(=O)C2CC2)cc1. The van der Waals surface area contributed by atoms with Gasteiger partial charge in [0, 0.05) is 18.2 Å². The van der Waals surface area contributed by atoms with E-state index >= 15 is 0 Å². The zero-order valence-corrected chi connectivity index (χ0v) is 11.1. The van der Waals surface area contributed by atoms with Crippen molar-refractivity contribution in [2.75, 3.05) is 18.0 Å². The number of carbonyl (C=O) groups is 1. The van der Waals surface area contributed by atoms with Crippen LogP contribution in [0.15, 0.2) is 24.3 Å². The number of nitrogens with zero attached hydrogens (tertiary/aromatic N) is 1. The van der Waals surface area contributed by atoms with E-state index in [1.54, 1.807) is 0 Å². The number of anilines is 1. The largest absolute Gasteiger partial charge is 0.330 e. The Hall–Kier alpha value is -1.35. The monoisotopic (exact) mass is 246 g/mol. The van der Waals surface area contributed by atoms with E-state index in [-0.39, 0.29) is 11.8 Å². The van der Waals surface area contributed by atoms with E-state index in [9.17, 15) is 4.79 Å². The molecule has 0 saturated heterocycles. The zero-order chi connectivity index (χ0) is 13.0. The van der Waals surface area contributed by atoms with Gasteiger partial charge in [-0.25, -0.2) is 0 Å². The summed E-state index contributed by atoms with van der Waals surface area (Å²) in [7, 11) is 0. The smallest absolute Gasteiger partial charge is 0.230 e. The lowest BCUT2D eigenvalue weighted by Gasteiger charge is -2.23. The first-order chi connectivity index (χ1) is 8.76. The molecule has 0 unspecified atom stereocenters. The molecule has 0 bridgehead atoms. The Labute approximate surface area is 109 Å². The van der Waals surface area contributed by atoms with Crippen molar-refractivity contribution >= 4 is 11.6 Å². The molecule has 1 aliphatic carbocycles. The van der Waals surface area contributed by atoms with Crippen LogP contribution >= 0.6 is 0 Å². The molecule has 18 heavy (non-hydrogen) atoms. The Morgan fingerprint density at radius 2 is 2.00 bits per heavy atom. The Kier molecular flexibility index (Phi) is 4.37. The normalized spacial score (nSPS) is 14.6. The van der Waals surface area contributed by atoms with E-state index in [1.165, 1.54) is 5.56 Å². The lowest BCUT2D eigenvalue weighted by atomic mass is 10.1. The van der Waals surface area contributed by atoms with Crippen LogP contribution in [0, 0.1) is 5.92 Å². The number of nitrogens with two attached hydrogens (primary N) is 1. The van der Waals surface area contributed by atoms with Crippen LogP contribution in [-0.2, 0) is 11.2 Å². The van der Waals surface area contributed by atoms with Crippen LogP contribution in [-0.4, -0.2) is 19.0 Å². The molecule has 0 radical (unpaired) electrons. The molecule has 1 aromatic carbocycles. The Balaban J connectivity index is 2.12. The van der Waals surface area contributed by atoms with Gasteiger partial charge in [-0.2, -0.15) is 0 Å². The van der Waals surface area contributed by atoms with Crippen LogP contribution in [0.1, 0.15) is 31.7 Å². The number of rotatable bonds is 6. The number of amides is 1. The lowest BCUT2D eigenvalue weighted by Crippen LogP contribution is -2.34. The molecule has 1 aliphatic rings. The Morgan fingerprint density at radius 3 is 2.50 bits per heavy atom. The molecular weight excluding hydrogens is 224 g/mol. The second kappa shape index (κ2) is 6.01. The van der Waals surface area contributed by atoms with E-state index in [0.29, 0.717) is 6.54 Å². The first-order valence-corrected chi connectivity index (χ1v) is 6.86. The fourth-order valence-electron chi connectivity index (χ4n) is 2.08. The number of benzene rings is 1. The van der Waals surface area contributed by atoms with Crippen LogP contribution in [0.3, 0.4) is 0 Å². The summed E-state index contributed by atoms with van der Waals surface area (Å²) in [4.78, 5) is 14.2. The van der Waals surface area contributed by atoms with Crippen molar-refractivity contribution in [3.8, 4) is 0 Å². The molecular formula is C15H22N2O. The standard InChI is InChI=1S/C15H22N2O/c1-2-12-4-8-14(9-5-12)17(11-3-10-16)15(18)13-6-7-13/h4-5,8-9,13H,2-3,6-7,10-11,16H2,1H3. The van der Waals surface area contributed by atoms with E-state index in [0.717, 1.165) is 37.9 Å². The summed E-state index contributed by atoms with van der Waals surface area (Å²) in [5.41, 5.74) is 7.87. The van der Waals surface area contributed by atoms with E-state index in [1.807, 2.05) is 4.90 Å². The number of aryl methyl sites for hydroxylation is 1. The van der Waals surface area contributed by atoms with Crippen LogP contribution in [0.4, 0.5) is 5.69 Å². The van der Waals surface area contributed by atoms with Gasteiger partial charge < -0.3 is 10.6 Å². The highest BCUT2D eigenvalue weighted by molar-refractivity contribution is 5.96. The summed E-state index contributed by atoms with van der Waals surface area (Å²) in [6, 6.07) is 8.31. The highest BCUT2D eigenvalue weighted by atomic mass is 16.2. The van der Waals surface area contributed by atoms with Gasteiger partial charge >= 0.3 is 0 Å². The molecule has 98 valence electrons. The molecule has 0 aliphatic heterocycles. The minimum Gasteiger partial charge on any atom is -0.330 e. The van der Waals surface area contributed by atoms with Crippen LogP contribution in [0.5, 0.6) is 0 Å². The van der Waals surface area contributed by atoms with E-state index < -0.39 is 0 Å². The molecule has 1 saturated carbocycles. The fraction of sp³-hybridized carbons (Fsp3) is 0.533. The third-order valence-corrected chi connectivity index (χ3v) is 3.43. The predicted molar refractivity (Wildman–Crippen MR) is 74.6 cm³/mol. The highest BCUT2D eigenvalue weighted by Gasteiger charge is 2.33. The van der Waals surface area contributed by atoms with Crippen molar-refractivity contribution in [1.82, 2.24) is 0 Å². The molecule has 1 fully saturated rings. The van der Waals surface area contributed by atoms with Gasteiger partial charge in [-0.15, -0.1) is 0 Å². The van der Waals surface area contributed by atoms with E-state index in [2.05, 4.69) is 31.2 Å². The Bertz CT molecular complexity index is 395. The van der Waals surface area contributed by atoms with Crippen molar-refractivity contribution in [3.63, 3.8) is 0 Å². The Morgan fingerprint density at radius 1 is 1.33 bits per heavy atom. The maximum Gasteiger partial charge on any atom is 0.230 e. The van der Waals surface area contributed by atoms with Crippen LogP contribution in [0.2, 0.25) is 0 Å². The molecule has 3 heteroatoms. The third-order valence-electron chi connectivity index (χ3n) is 3.43. The third kappa shape index (κ3) is 3.10. The molecule has 1 aromatic rings. The summed E-state index contributed by atoms with van der Waals surface area (Å²) >= 11 is 0. The van der Waals surface area contributed by atoms with Gasteiger partial charge in [0.15, 0.2) is 0 Å². The molecule has 3 nitrogen and oxygen atoms in total. The minimum absolute atomic E-state index is 0.258. The number of hydrogen-bond donors (Lipinski definition) is 1. The molecule has 2 rings (SSSR count). The van der Waals surface area contributed by atoms with Gasteiger partial charge in [-0.05, 0) is 49.9 Å². The first kappa shape index (κ1) is 13.1. The zero-order valence-electron chi connectivity index (χ0n) is 11.1. The molecule has 2 N–H and O–H groups in total. The summed E-state index contributed by atoms with van der Waals surface area (Å²) in [6.07, 6.45) is 3.98. The number of carbonyl (C=O) groups excluding carboxylic acids is 1. The summed E-state index contributed by atoms with van der Waals surface area (Å²) < 4.78 is 0. The van der Waals surface area contributed by atoms with Gasteiger partial charge in [0.2, 0.25) is 5.91 Å². The van der Waals surface area contributed by atoms with Crippen molar-refractivity contribution in [3.05, 3.63) is 29.8 Å². The number of hydrogen-bond acceptors (Lipinski definition) is 2. The molecule has 0 spiro atoms. The van der Waals surface area contributed by atoms with Crippen molar-refractivity contribution < 1.29 is 4.79 Å². The van der Waals surface area contributed by atoms with Gasteiger partial charge in [0.1, 0.15) is 0 Å². The predicted octanol–water partition coefficient (Wildman–Crippen LogP) is 2.34. The molecule has 1 amide bonds. The van der Waals surface area contributed by atoms with Crippen LogP contribution < -0.4 is 10.6 Å². The summed E-state index contributed by atoms with van der Waals surface area (Å²) in [5, 5.41) is 0. The summed E-state index contributed by atoms with van der Waals surface area (Å²) in [6.45, 7) is 3.50. The molecule has 0 aromatic heterocycles. The van der Waals surface area contributed by atoms with Crippen LogP contribution in [0.25, 0.3) is 0 Å². The topological polar surface area (TPSA) is 46.3 Å². The van der Waals surface area contributed by atoms with Crippen molar-refractivity contribution in [1.29, 1.82) is 0 Å². The van der Waals surface area contributed by atoms with Gasteiger partial charge in [0.25, 0.3) is 0 Å². The molecule has 0 heterocycles. The fourth-order valence-corrected chi connectivity index (χ4v) is 2.08. The van der Waals surface area contributed by atoms with Crippen molar-refractivity contribution in [2.45, 2.75) is 32.6 Å². The maximum atomic E-state index is 12.3. The maximum absolute atomic E-state index is 12.3. The first-order valence-electron chi connectivity index (χ1n) is 6.86. The lowest BCUT2D eigenvalue weighted by molar-refractivity contribution is -0.119. The van der Waals surface area contributed by atoms with Gasteiger partial charge in [-0.1, -0.05) is 19.1 Å². The quantitative estimate of drug-likeness (QED) is 0.837. The second-order valence-electron chi connectivity index (χ2n) is 4.93. The molecule has 0 atom stereocenters. The van der Waals surface area contributed by atoms with Gasteiger partial charge in [0.05, 0.1) is 0 Å². The minimum atomic E-state index is 0.258. The average molecular weight is 246 g/mol. The highest BCUT2D eigenvalue weighted by Crippen LogP contribution is 2.32.